The van der Waals surface area contributed by atoms with E-state index < -0.39 is 12.4 Å². The molecule has 2 aliphatic carbocycles. The molecular formula is C26H38BrNO4. The van der Waals surface area contributed by atoms with Gasteiger partial charge < -0.3 is 9.47 Å². The van der Waals surface area contributed by atoms with Crippen molar-refractivity contribution < 1.29 is 19.1 Å². The summed E-state index contributed by atoms with van der Waals surface area (Å²) in [6.45, 7) is 3.81. The minimum Gasteiger partial charge on any atom is -0.425 e. The van der Waals surface area contributed by atoms with Crippen molar-refractivity contribution in [2.45, 2.75) is 103 Å². The Hall–Kier alpha value is -1.56. The molecule has 6 heteroatoms. The number of rotatable bonds is 12. The average molecular weight is 508 g/mol. The zero-order valence-corrected chi connectivity index (χ0v) is 21.1. The van der Waals surface area contributed by atoms with Crippen molar-refractivity contribution in [3.8, 4) is 0 Å². The van der Waals surface area contributed by atoms with Crippen molar-refractivity contribution in [1.82, 2.24) is 3.93 Å². The van der Waals surface area contributed by atoms with E-state index in [1.807, 2.05) is 6.07 Å². The molecule has 5 unspecified atom stereocenters. The zero-order chi connectivity index (χ0) is 22.9. The Balaban J connectivity index is 1.43. The monoisotopic (exact) mass is 507 g/mol. The van der Waals surface area contributed by atoms with E-state index in [9.17, 15) is 9.59 Å². The van der Waals surface area contributed by atoms with E-state index in [-0.39, 0.29) is 12.0 Å². The van der Waals surface area contributed by atoms with E-state index >= 15 is 0 Å². The smallest absolute Gasteiger partial charge is 0.423 e. The SMILES string of the molecule is CCCCCCCCCC(=O)OC(C)OC(=O)N(Br)C1C2CCC(C2)C1c1ccccc1. The van der Waals surface area contributed by atoms with E-state index in [1.165, 1.54) is 37.7 Å². The summed E-state index contributed by atoms with van der Waals surface area (Å²) in [7, 11) is 0. The van der Waals surface area contributed by atoms with Crippen molar-refractivity contribution in [3.63, 3.8) is 0 Å². The Labute approximate surface area is 201 Å². The lowest BCUT2D eigenvalue weighted by atomic mass is 9.80. The lowest BCUT2D eigenvalue weighted by Gasteiger charge is -2.36. The van der Waals surface area contributed by atoms with E-state index in [0.717, 1.165) is 32.1 Å². The van der Waals surface area contributed by atoms with Gasteiger partial charge >= 0.3 is 12.1 Å². The number of carbonyl (C=O) groups is 2. The molecule has 5 atom stereocenters. The van der Waals surface area contributed by atoms with Crippen LogP contribution in [0.4, 0.5) is 4.79 Å². The minimum atomic E-state index is -0.895. The molecule has 0 saturated heterocycles. The average Bonchev–Trinajstić information content (AvgIpc) is 3.40. The van der Waals surface area contributed by atoms with Crippen LogP contribution in [-0.2, 0) is 14.3 Å². The number of hydrogen-bond acceptors (Lipinski definition) is 4. The first-order valence-electron chi connectivity index (χ1n) is 12.4. The van der Waals surface area contributed by atoms with Crippen LogP contribution in [0.2, 0.25) is 0 Å². The van der Waals surface area contributed by atoms with E-state index in [0.29, 0.717) is 24.2 Å². The molecular weight excluding hydrogens is 470 g/mol. The first-order chi connectivity index (χ1) is 15.5. The van der Waals surface area contributed by atoms with Gasteiger partial charge in [0.2, 0.25) is 6.29 Å². The van der Waals surface area contributed by atoms with Gasteiger partial charge in [0.25, 0.3) is 0 Å². The van der Waals surface area contributed by atoms with Gasteiger partial charge in [-0.1, -0.05) is 75.8 Å². The fourth-order valence-corrected chi connectivity index (χ4v) is 6.21. The van der Waals surface area contributed by atoms with Gasteiger partial charge in [0, 0.05) is 19.3 Å². The number of hydrogen-bond donors (Lipinski definition) is 0. The van der Waals surface area contributed by atoms with Gasteiger partial charge in [0.15, 0.2) is 0 Å². The molecule has 178 valence electrons. The third kappa shape index (κ3) is 6.72. The lowest BCUT2D eigenvalue weighted by molar-refractivity contribution is -0.165. The van der Waals surface area contributed by atoms with E-state index in [2.05, 4.69) is 47.3 Å². The quantitative estimate of drug-likeness (QED) is 0.128. The number of fused-ring (bicyclic) bond motifs is 2. The van der Waals surface area contributed by atoms with Crippen LogP contribution in [-0.4, -0.2) is 28.3 Å². The first kappa shape index (κ1) is 25.1. The second-order valence-electron chi connectivity index (χ2n) is 9.38. The highest BCUT2D eigenvalue weighted by Crippen LogP contribution is 2.55. The van der Waals surface area contributed by atoms with E-state index in [4.69, 9.17) is 9.47 Å². The molecule has 0 aromatic heterocycles. The molecule has 2 bridgehead atoms. The van der Waals surface area contributed by atoms with Gasteiger partial charge in [-0.15, -0.1) is 0 Å². The van der Waals surface area contributed by atoms with Gasteiger partial charge in [-0.2, -0.15) is 0 Å². The van der Waals surface area contributed by atoms with Gasteiger partial charge in [-0.3, -0.25) is 4.79 Å². The highest BCUT2D eigenvalue weighted by Gasteiger charge is 2.51. The lowest BCUT2D eigenvalue weighted by Crippen LogP contribution is -2.42. The first-order valence-corrected chi connectivity index (χ1v) is 13.1. The third-order valence-electron chi connectivity index (χ3n) is 7.04. The summed E-state index contributed by atoms with van der Waals surface area (Å²) >= 11 is 3.50. The number of amides is 1. The van der Waals surface area contributed by atoms with Crippen molar-refractivity contribution in [3.05, 3.63) is 35.9 Å². The summed E-state index contributed by atoms with van der Waals surface area (Å²) < 4.78 is 12.3. The molecule has 2 saturated carbocycles. The summed E-state index contributed by atoms with van der Waals surface area (Å²) in [5.74, 6) is 1.06. The second kappa shape index (κ2) is 12.6. The maximum absolute atomic E-state index is 12.8. The van der Waals surface area contributed by atoms with Gasteiger partial charge in [-0.25, -0.2) is 8.72 Å². The molecule has 0 heterocycles. The van der Waals surface area contributed by atoms with E-state index in [1.54, 1.807) is 10.8 Å². The Morgan fingerprint density at radius 1 is 1.00 bits per heavy atom. The predicted octanol–water partition coefficient (Wildman–Crippen LogP) is 7.35. The fourth-order valence-electron chi connectivity index (χ4n) is 5.54. The van der Waals surface area contributed by atoms with Crippen LogP contribution < -0.4 is 0 Å². The van der Waals surface area contributed by atoms with Gasteiger partial charge in [-0.05, 0) is 43.1 Å². The number of ether oxygens (including phenoxy) is 2. The minimum absolute atomic E-state index is 0.0549. The summed E-state index contributed by atoms with van der Waals surface area (Å²) in [4.78, 5) is 24.9. The van der Waals surface area contributed by atoms with Crippen molar-refractivity contribution in [2.24, 2.45) is 11.8 Å². The highest BCUT2D eigenvalue weighted by molar-refractivity contribution is 9.07. The van der Waals surface area contributed by atoms with Crippen molar-refractivity contribution in [1.29, 1.82) is 0 Å². The maximum Gasteiger partial charge on any atom is 0.423 e. The molecule has 32 heavy (non-hydrogen) atoms. The van der Waals surface area contributed by atoms with Crippen LogP contribution in [0.15, 0.2) is 30.3 Å². The van der Waals surface area contributed by atoms with Gasteiger partial charge in [0.05, 0.1) is 22.2 Å². The Morgan fingerprint density at radius 3 is 2.38 bits per heavy atom. The Morgan fingerprint density at radius 2 is 1.66 bits per heavy atom. The third-order valence-corrected chi connectivity index (χ3v) is 7.80. The highest BCUT2D eigenvalue weighted by atomic mass is 79.9. The molecule has 2 fully saturated rings. The molecule has 2 aliphatic rings. The van der Waals surface area contributed by atoms with Crippen LogP contribution in [0.25, 0.3) is 0 Å². The fraction of sp³-hybridized carbons (Fsp3) is 0.692. The normalized spacial score (nSPS) is 24.8. The van der Waals surface area contributed by atoms with Crippen molar-refractivity contribution >= 4 is 28.2 Å². The largest absolute Gasteiger partial charge is 0.425 e. The van der Waals surface area contributed by atoms with Crippen LogP contribution in [0.1, 0.15) is 96.0 Å². The Kier molecular flexibility index (Phi) is 9.89. The zero-order valence-electron chi connectivity index (χ0n) is 19.5. The molecule has 0 aliphatic heterocycles. The van der Waals surface area contributed by atoms with Crippen LogP contribution >= 0.6 is 16.1 Å². The topological polar surface area (TPSA) is 55.8 Å². The number of nitrogens with zero attached hydrogens (tertiary/aromatic N) is 1. The predicted molar refractivity (Wildman–Crippen MR) is 129 cm³/mol. The molecule has 0 N–H and O–H groups in total. The number of benzene rings is 1. The van der Waals surface area contributed by atoms with Crippen LogP contribution in [0, 0.1) is 11.8 Å². The Bertz CT molecular complexity index is 728. The molecule has 1 aromatic carbocycles. The summed E-state index contributed by atoms with van der Waals surface area (Å²) in [5, 5.41) is 0. The molecule has 1 amide bonds. The van der Waals surface area contributed by atoms with Crippen molar-refractivity contribution in [2.75, 3.05) is 0 Å². The summed E-state index contributed by atoms with van der Waals surface area (Å²) in [6, 6.07) is 10.5. The molecule has 0 spiro atoms. The van der Waals surface area contributed by atoms with Crippen LogP contribution in [0.5, 0.6) is 0 Å². The number of halogens is 1. The molecule has 3 rings (SSSR count). The second-order valence-corrected chi connectivity index (χ2v) is 10.1. The summed E-state index contributed by atoms with van der Waals surface area (Å²) in [6.07, 6.45) is 10.5. The molecule has 1 aromatic rings. The molecule has 5 nitrogen and oxygen atoms in total. The standard InChI is InChI=1S/C26H38BrNO4/c1-3-4-5-6-7-8-12-15-23(29)31-19(2)32-26(30)28(27)25-22-17-16-21(18-22)24(25)20-13-10-9-11-14-20/h9-11,13-14,19,21-22,24-25H,3-8,12,15-18H2,1-2H3. The maximum atomic E-state index is 12.8. The van der Waals surface area contributed by atoms with Gasteiger partial charge in [0.1, 0.15) is 0 Å². The number of unbranched alkanes of at least 4 members (excludes halogenated alkanes) is 6. The summed E-state index contributed by atoms with van der Waals surface area (Å²) in [5.41, 5.74) is 1.27. The number of carbonyl (C=O) groups excluding carboxylic acids is 2. The number of esters is 1. The molecule has 0 radical (unpaired) electrons. The van der Waals surface area contributed by atoms with Crippen LogP contribution in [0.3, 0.4) is 0 Å².